The van der Waals surface area contributed by atoms with E-state index in [0.717, 1.165) is 5.92 Å². The summed E-state index contributed by atoms with van der Waals surface area (Å²) >= 11 is 0. The van der Waals surface area contributed by atoms with Gasteiger partial charge in [-0.25, -0.2) is 0 Å². The van der Waals surface area contributed by atoms with Crippen LogP contribution in [0, 0.1) is 5.92 Å². The van der Waals surface area contributed by atoms with E-state index < -0.39 is 0 Å². The Labute approximate surface area is 93.1 Å². The number of para-hydroxylation sites is 1. The summed E-state index contributed by atoms with van der Waals surface area (Å²) in [6, 6.07) is 8.82. The Balaban J connectivity index is 2.43. The average molecular weight is 203 g/mol. The Morgan fingerprint density at radius 1 is 1.20 bits per heavy atom. The van der Waals surface area contributed by atoms with Gasteiger partial charge in [-0.1, -0.05) is 25.1 Å². The van der Waals surface area contributed by atoms with Gasteiger partial charge in [0.15, 0.2) is 0 Å². The number of anilines is 1. The van der Waals surface area contributed by atoms with Crippen LogP contribution < -0.4 is 4.90 Å². The second-order valence-electron chi connectivity index (χ2n) is 5.72. The number of hydrogen-bond donors (Lipinski definition) is 0. The molecule has 1 aliphatic heterocycles. The fourth-order valence-corrected chi connectivity index (χ4v) is 2.43. The summed E-state index contributed by atoms with van der Waals surface area (Å²) in [6.07, 6.45) is 1.22. The van der Waals surface area contributed by atoms with Gasteiger partial charge in [0, 0.05) is 17.8 Å². The third kappa shape index (κ3) is 2.01. The van der Waals surface area contributed by atoms with E-state index in [4.69, 9.17) is 0 Å². The Bertz CT molecular complexity index is 349. The van der Waals surface area contributed by atoms with Crippen LogP contribution in [0.1, 0.15) is 33.3 Å². The molecule has 82 valence electrons. The van der Waals surface area contributed by atoms with E-state index in [0.29, 0.717) is 0 Å². The van der Waals surface area contributed by atoms with E-state index >= 15 is 0 Å². The van der Waals surface area contributed by atoms with Gasteiger partial charge in [-0.2, -0.15) is 0 Å². The Morgan fingerprint density at radius 3 is 2.53 bits per heavy atom. The molecule has 0 saturated carbocycles. The largest absolute Gasteiger partial charge is 0.366 e. The van der Waals surface area contributed by atoms with Crippen molar-refractivity contribution in [2.45, 2.75) is 39.7 Å². The van der Waals surface area contributed by atoms with Gasteiger partial charge < -0.3 is 4.90 Å². The van der Waals surface area contributed by atoms with Gasteiger partial charge in [-0.05, 0) is 44.7 Å². The molecule has 0 aromatic heterocycles. The summed E-state index contributed by atoms with van der Waals surface area (Å²) in [6.45, 7) is 10.4. The van der Waals surface area contributed by atoms with Crippen LogP contribution in [0.4, 0.5) is 5.69 Å². The molecule has 0 saturated heterocycles. The third-order valence-electron chi connectivity index (χ3n) is 3.15. The van der Waals surface area contributed by atoms with Gasteiger partial charge in [-0.3, -0.25) is 0 Å². The first-order valence-electron chi connectivity index (χ1n) is 5.84. The van der Waals surface area contributed by atoms with E-state index in [1.165, 1.54) is 24.2 Å². The lowest BCUT2D eigenvalue weighted by atomic mass is 9.90. The highest BCUT2D eigenvalue weighted by Crippen LogP contribution is 2.34. The maximum absolute atomic E-state index is 2.54. The minimum Gasteiger partial charge on any atom is -0.366 e. The van der Waals surface area contributed by atoms with Gasteiger partial charge in [0.2, 0.25) is 0 Å². The fraction of sp³-hybridized carbons (Fsp3) is 0.571. The monoisotopic (exact) mass is 203 g/mol. The summed E-state index contributed by atoms with van der Waals surface area (Å²) in [5.41, 5.74) is 3.17. The zero-order valence-corrected chi connectivity index (χ0v) is 10.2. The first kappa shape index (κ1) is 10.5. The van der Waals surface area contributed by atoms with E-state index in [1.54, 1.807) is 0 Å². The molecule has 2 rings (SSSR count). The molecule has 1 aromatic rings. The quantitative estimate of drug-likeness (QED) is 0.624. The molecule has 15 heavy (non-hydrogen) atoms. The van der Waals surface area contributed by atoms with Gasteiger partial charge in [0.25, 0.3) is 0 Å². The van der Waals surface area contributed by atoms with Crippen LogP contribution in [-0.2, 0) is 6.42 Å². The first-order chi connectivity index (χ1) is 6.98. The highest BCUT2D eigenvalue weighted by molar-refractivity contribution is 5.57. The molecule has 1 unspecified atom stereocenters. The van der Waals surface area contributed by atoms with Crippen molar-refractivity contribution in [1.82, 2.24) is 0 Å². The molecule has 1 heteroatoms. The van der Waals surface area contributed by atoms with E-state index in [2.05, 4.69) is 56.9 Å². The lowest BCUT2D eigenvalue weighted by Crippen LogP contribution is -2.46. The van der Waals surface area contributed by atoms with Gasteiger partial charge >= 0.3 is 0 Å². The molecule has 0 amide bonds. The number of fused-ring (bicyclic) bond motifs is 1. The first-order valence-corrected chi connectivity index (χ1v) is 5.84. The van der Waals surface area contributed by atoms with Crippen LogP contribution in [0.2, 0.25) is 0 Å². The van der Waals surface area contributed by atoms with Crippen molar-refractivity contribution in [2.75, 3.05) is 11.4 Å². The Hall–Kier alpha value is -0.980. The predicted octanol–water partition coefficient (Wildman–Crippen LogP) is 3.48. The summed E-state index contributed by atoms with van der Waals surface area (Å²) in [5, 5.41) is 0. The number of rotatable bonds is 0. The van der Waals surface area contributed by atoms with Gasteiger partial charge in [-0.15, -0.1) is 0 Å². The minimum atomic E-state index is 0.227. The van der Waals surface area contributed by atoms with E-state index in [-0.39, 0.29) is 5.54 Å². The molecular formula is C14H21N. The van der Waals surface area contributed by atoms with Crippen LogP contribution in [0.25, 0.3) is 0 Å². The highest BCUT2D eigenvalue weighted by Gasteiger charge is 2.28. The molecule has 1 aliphatic rings. The average Bonchev–Trinajstić information content (AvgIpc) is 2.15. The van der Waals surface area contributed by atoms with Crippen LogP contribution in [0.3, 0.4) is 0 Å². The van der Waals surface area contributed by atoms with Crippen molar-refractivity contribution >= 4 is 5.69 Å². The highest BCUT2D eigenvalue weighted by atomic mass is 15.2. The van der Waals surface area contributed by atoms with E-state index in [9.17, 15) is 0 Å². The second kappa shape index (κ2) is 3.55. The van der Waals surface area contributed by atoms with Gasteiger partial charge in [0.1, 0.15) is 0 Å². The van der Waals surface area contributed by atoms with Crippen LogP contribution >= 0.6 is 0 Å². The zero-order chi connectivity index (χ0) is 11.1. The molecule has 1 atom stereocenters. The van der Waals surface area contributed by atoms with Crippen molar-refractivity contribution in [3.63, 3.8) is 0 Å². The standard InChI is InChI=1S/C14H21N/c1-11-9-12-7-5-6-8-13(12)15(10-11)14(2,3)4/h5-8,11H,9-10H2,1-4H3. The Kier molecular flexibility index (Phi) is 2.49. The summed E-state index contributed by atoms with van der Waals surface area (Å²) in [5.74, 6) is 0.763. The predicted molar refractivity (Wildman–Crippen MR) is 66.4 cm³/mol. The fourth-order valence-electron chi connectivity index (χ4n) is 2.43. The Morgan fingerprint density at radius 2 is 1.87 bits per heavy atom. The normalized spacial score (nSPS) is 21.3. The second-order valence-corrected chi connectivity index (χ2v) is 5.72. The maximum Gasteiger partial charge on any atom is 0.0403 e. The number of benzene rings is 1. The molecular weight excluding hydrogens is 182 g/mol. The van der Waals surface area contributed by atoms with Crippen LogP contribution in [-0.4, -0.2) is 12.1 Å². The molecule has 0 N–H and O–H groups in total. The number of hydrogen-bond acceptors (Lipinski definition) is 1. The van der Waals surface area contributed by atoms with Crippen LogP contribution in [0.15, 0.2) is 24.3 Å². The van der Waals surface area contributed by atoms with Crippen molar-refractivity contribution in [2.24, 2.45) is 5.92 Å². The molecule has 0 spiro atoms. The summed E-state index contributed by atoms with van der Waals surface area (Å²) in [7, 11) is 0. The lowest BCUT2D eigenvalue weighted by Gasteiger charge is -2.43. The molecule has 1 nitrogen and oxygen atoms in total. The zero-order valence-electron chi connectivity index (χ0n) is 10.2. The summed E-state index contributed by atoms with van der Waals surface area (Å²) in [4.78, 5) is 2.54. The topological polar surface area (TPSA) is 3.24 Å². The molecule has 0 fully saturated rings. The molecule has 0 bridgehead atoms. The van der Waals surface area contributed by atoms with E-state index in [1.807, 2.05) is 0 Å². The lowest BCUT2D eigenvalue weighted by molar-refractivity contribution is 0.429. The molecule has 0 radical (unpaired) electrons. The van der Waals surface area contributed by atoms with Crippen molar-refractivity contribution in [3.8, 4) is 0 Å². The SMILES string of the molecule is CC1Cc2ccccc2N(C(C)(C)C)C1. The van der Waals surface area contributed by atoms with Crippen molar-refractivity contribution < 1.29 is 0 Å². The third-order valence-corrected chi connectivity index (χ3v) is 3.15. The van der Waals surface area contributed by atoms with Gasteiger partial charge in [0.05, 0.1) is 0 Å². The molecule has 0 aliphatic carbocycles. The maximum atomic E-state index is 2.54. The number of nitrogens with zero attached hydrogens (tertiary/aromatic N) is 1. The summed E-state index contributed by atoms with van der Waals surface area (Å²) < 4.78 is 0. The van der Waals surface area contributed by atoms with Crippen molar-refractivity contribution in [3.05, 3.63) is 29.8 Å². The van der Waals surface area contributed by atoms with Crippen molar-refractivity contribution in [1.29, 1.82) is 0 Å². The minimum absolute atomic E-state index is 0.227. The van der Waals surface area contributed by atoms with Crippen LogP contribution in [0.5, 0.6) is 0 Å². The molecule has 1 heterocycles. The smallest absolute Gasteiger partial charge is 0.0403 e. The molecule has 1 aromatic carbocycles.